The number of methoxy groups -OCH3 is 1. The Morgan fingerprint density at radius 1 is 1.42 bits per heavy atom. The number of ether oxygens (including phenoxy) is 1. The number of benzene rings is 1. The molecule has 1 aromatic carbocycles. The first kappa shape index (κ1) is 13.9. The maximum atomic E-state index is 11.9. The molecule has 0 aliphatic carbocycles. The van der Waals surface area contributed by atoms with Crippen LogP contribution in [-0.4, -0.2) is 18.1 Å². The molecule has 0 radical (unpaired) electrons. The number of hydrogen-bond acceptors (Lipinski definition) is 4. The number of nitrogens with one attached hydrogen (secondary N) is 1. The molecule has 19 heavy (non-hydrogen) atoms. The van der Waals surface area contributed by atoms with Crippen molar-refractivity contribution < 1.29 is 14.6 Å². The van der Waals surface area contributed by atoms with Crippen LogP contribution in [0.3, 0.4) is 0 Å². The topological polar surface area (TPSA) is 58.6 Å². The van der Waals surface area contributed by atoms with E-state index >= 15 is 0 Å². The second-order valence-electron chi connectivity index (χ2n) is 3.78. The van der Waals surface area contributed by atoms with Crippen LogP contribution in [0.25, 0.3) is 0 Å². The molecule has 0 bridgehead atoms. The third kappa shape index (κ3) is 3.48. The maximum absolute atomic E-state index is 11.9. The van der Waals surface area contributed by atoms with Gasteiger partial charge in [0.05, 0.1) is 17.4 Å². The van der Waals surface area contributed by atoms with E-state index in [1.807, 2.05) is 12.1 Å². The number of halogens is 1. The fourth-order valence-corrected chi connectivity index (χ4v) is 2.97. The number of phenols is 1. The first-order chi connectivity index (χ1) is 9.10. The standard InChI is InChI=1S/C13H12BrNO3S/c1-18-11-4-2-8(6-10(11)16)13(17)15-7-9-3-5-12(14)19-9/h2-6,16H,7H2,1H3,(H,15,17). The SMILES string of the molecule is COc1ccc(C(=O)NCc2ccc(Br)s2)cc1O. The number of carbonyl (C=O) groups excluding carboxylic acids is 1. The Kier molecular flexibility index (Phi) is 4.44. The highest BCUT2D eigenvalue weighted by molar-refractivity contribution is 9.11. The van der Waals surface area contributed by atoms with Gasteiger partial charge in [-0.15, -0.1) is 11.3 Å². The van der Waals surface area contributed by atoms with E-state index in [1.165, 1.54) is 13.2 Å². The van der Waals surface area contributed by atoms with E-state index in [0.717, 1.165) is 8.66 Å². The van der Waals surface area contributed by atoms with Crippen LogP contribution in [0, 0.1) is 0 Å². The minimum absolute atomic E-state index is 0.0472. The molecule has 2 rings (SSSR count). The molecule has 100 valence electrons. The first-order valence-corrected chi connectivity index (χ1v) is 7.10. The Bertz CT molecular complexity index is 597. The zero-order valence-electron chi connectivity index (χ0n) is 10.1. The molecule has 0 saturated carbocycles. The van der Waals surface area contributed by atoms with Crippen molar-refractivity contribution in [1.82, 2.24) is 5.32 Å². The predicted molar refractivity (Wildman–Crippen MR) is 77.8 cm³/mol. The number of rotatable bonds is 4. The summed E-state index contributed by atoms with van der Waals surface area (Å²) in [7, 11) is 1.46. The average molecular weight is 342 g/mol. The minimum atomic E-state index is -0.234. The summed E-state index contributed by atoms with van der Waals surface area (Å²) >= 11 is 4.94. The summed E-state index contributed by atoms with van der Waals surface area (Å²) in [6.45, 7) is 0.460. The van der Waals surface area contributed by atoms with Gasteiger partial charge in [0.15, 0.2) is 11.5 Å². The quantitative estimate of drug-likeness (QED) is 0.897. The van der Waals surface area contributed by atoms with Gasteiger partial charge in [-0.05, 0) is 46.3 Å². The molecule has 0 aliphatic rings. The van der Waals surface area contributed by atoms with Crippen molar-refractivity contribution in [3.63, 3.8) is 0 Å². The van der Waals surface area contributed by atoms with Gasteiger partial charge in [0, 0.05) is 10.4 Å². The Labute approximate surface area is 123 Å². The zero-order chi connectivity index (χ0) is 13.8. The predicted octanol–water partition coefficient (Wildman–Crippen LogP) is 3.15. The van der Waals surface area contributed by atoms with Crippen molar-refractivity contribution >= 4 is 33.2 Å². The number of carbonyl (C=O) groups is 1. The Hall–Kier alpha value is -1.53. The summed E-state index contributed by atoms with van der Waals surface area (Å²) in [5.41, 5.74) is 0.397. The molecule has 0 saturated heterocycles. The van der Waals surface area contributed by atoms with Gasteiger partial charge in [-0.1, -0.05) is 0 Å². The third-order valence-electron chi connectivity index (χ3n) is 2.49. The Balaban J connectivity index is 2.01. The lowest BCUT2D eigenvalue weighted by atomic mass is 10.2. The van der Waals surface area contributed by atoms with Gasteiger partial charge < -0.3 is 15.2 Å². The van der Waals surface area contributed by atoms with Gasteiger partial charge >= 0.3 is 0 Å². The van der Waals surface area contributed by atoms with Crippen LogP contribution in [0.4, 0.5) is 0 Å². The van der Waals surface area contributed by atoms with E-state index in [9.17, 15) is 9.90 Å². The van der Waals surface area contributed by atoms with Crippen LogP contribution < -0.4 is 10.1 Å². The van der Waals surface area contributed by atoms with Crippen LogP contribution in [0.15, 0.2) is 34.1 Å². The van der Waals surface area contributed by atoms with Crippen molar-refractivity contribution in [3.05, 3.63) is 44.6 Å². The molecule has 6 heteroatoms. The molecule has 1 aromatic heterocycles. The van der Waals surface area contributed by atoms with Crippen LogP contribution in [-0.2, 0) is 6.54 Å². The highest BCUT2D eigenvalue weighted by Gasteiger charge is 2.09. The number of thiophene rings is 1. The molecule has 0 fully saturated rings. The molecule has 0 atom stereocenters. The van der Waals surface area contributed by atoms with Gasteiger partial charge in [0.2, 0.25) is 0 Å². The number of aromatic hydroxyl groups is 1. The fraction of sp³-hybridized carbons (Fsp3) is 0.154. The van der Waals surface area contributed by atoms with Gasteiger partial charge in [-0.25, -0.2) is 0 Å². The van der Waals surface area contributed by atoms with Crippen molar-refractivity contribution in [2.24, 2.45) is 0 Å². The van der Waals surface area contributed by atoms with Crippen LogP contribution in [0.2, 0.25) is 0 Å². The zero-order valence-corrected chi connectivity index (χ0v) is 12.5. The van der Waals surface area contributed by atoms with Gasteiger partial charge in [0.1, 0.15) is 0 Å². The van der Waals surface area contributed by atoms with Crippen LogP contribution in [0.1, 0.15) is 15.2 Å². The molecule has 4 nitrogen and oxygen atoms in total. The van der Waals surface area contributed by atoms with Crippen molar-refractivity contribution in [1.29, 1.82) is 0 Å². The molecule has 2 aromatic rings. The lowest BCUT2D eigenvalue weighted by Crippen LogP contribution is -2.22. The number of hydrogen-bond donors (Lipinski definition) is 2. The highest BCUT2D eigenvalue weighted by Crippen LogP contribution is 2.26. The van der Waals surface area contributed by atoms with E-state index in [1.54, 1.807) is 23.5 Å². The molecule has 2 N–H and O–H groups in total. The summed E-state index contributed by atoms with van der Waals surface area (Å²) in [5.74, 6) is 0.0650. The number of amides is 1. The summed E-state index contributed by atoms with van der Waals surface area (Å²) in [6, 6.07) is 8.44. The minimum Gasteiger partial charge on any atom is -0.504 e. The highest BCUT2D eigenvalue weighted by atomic mass is 79.9. The second-order valence-corrected chi connectivity index (χ2v) is 6.32. The van der Waals surface area contributed by atoms with Crippen molar-refractivity contribution in [2.45, 2.75) is 6.54 Å². The molecule has 0 aliphatic heterocycles. The molecule has 1 heterocycles. The first-order valence-electron chi connectivity index (χ1n) is 5.49. The summed E-state index contributed by atoms with van der Waals surface area (Å²) in [5, 5.41) is 12.4. The summed E-state index contributed by atoms with van der Waals surface area (Å²) in [4.78, 5) is 13.0. The van der Waals surface area contributed by atoms with E-state index in [4.69, 9.17) is 4.74 Å². The van der Waals surface area contributed by atoms with E-state index in [-0.39, 0.29) is 11.7 Å². The molecule has 0 unspecified atom stereocenters. The van der Waals surface area contributed by atoms with E-state index in [0.29, 0.717) is 17.9 Å². The smallest absolute Gasteiger partial charge is 0.251 e. The lowest BCUT2D eigenvalue weighted by Gasteiger charge is -2.06. The van der Waals surface area contributed by atoms with E-state index in [2.05, 4.69) is 21.2 Å². The van der Waals surface area contributed by atoms with Gasteiger partial charge in [0.25, 0.3) is 5.91 Å². The molecule has 1 amide bonds. The summed E-state index contributed by atoms with van der Waals surface area (Å²) < 4.78 is 5.95. The largest absolute Gasteiger partial charge is 0.504 e. The second kappa shape index (κ2) is 6.08. The Morgan fingerprint density at radius 2 is 2.21 bits per heavy atom. The van der Waals surface area contributed by atoms with Crippen molar-refractivity contribution in [3.8, 4) is 11.5 Å². The van der Waals surface area contributed by atoms with E-state index < -0.39 is 0 Å². The lowest BCUT2D eigenvalue weighted by molar-refractivity contribution is 0.0951. The third-order valence-corrected chi connectivity index (χ3v) is 4.12. The van der Waals surface area contributed by atoms with Crippen LogP contribution >= 0.6 is 27.3 Å². The number of phenolic OH excluding ortho intramolecular Hbond substituents is 1. The molecule has 0 spiro atoms. The van der Waals surface area contributed by atoms with Gasteiger partial charge in [-0.2, -0.15) is 0 Å². The maximum Gasteiger partial charge on any atom is 0.251 e. The summed E-state index contributed by atoms with van der Waals surface area (Å²) in [6.07, 6.45) is 0. The monoisotopic (exact) mass is 341 g/mol. The normalized spacial score (nSPS) is 10.2. The average Bonchev–Trinajstić information content (AvgIpc) is 2.81. The molecular formula is C13H12BrNO3S. The Morgan fingerprint density at radius 3 is 2.79 bits per heavy atom. The van der Waals surface area contributed by atoms with Gasteiger partial charge in [-0.3, -0.25) is 4.79 Å². The molecular weight excluding hydrogens is 330 g/mol. The fourth-order valence-electron chi connectivity index (χ4n) is 1.55. The van der Waals surface area contributed by atoms with Crippen LogP contribution in [0.5, 0.6) is 11.5 Å². The van der Waals surface area contributed by atoms with Crippen molar-refractivity contribution in [2.75, 3.05) is 7.11 Å².